The topological polar surface area (TPSA) is 33.3 Å². The lowest BCUT2D eigenvalue weighted by molar-refractivity contribution is 0.0661. The van der Waals surface area contributed by atoms with Crippen LogP contribution in [0.1, 0.15) is 19.3 Å². The third-order valence-corrected chi connectivity index (χ3v) is 3.37. The van der Waals surface area contributed by atoms with Gasteiger partial charge >= 0.3 is 0 Å². The number of nitrogens with one attached hydrogen (secondary N) is 2. The number of ether oxygens (including phenoxy) is 1. The molecule has 0 aromatic carbocycles. The van der Waals surface area contributed by atoms with Crippen LogP contribution in [0.2, 0.25) is 0 Å². The van der Waals surface area contributed by atoms with Crippen molar-refractivity contribution in [3.63, 3.8) is 0 Å². The molecule has 1 unspecified atom stereocenters. The summed E-state index contributed by atoms with van der Waals surface area (Å²) in [7, 11) is 0. The number of rotatable bonds is 4. The van der Waals surface area contributed by atoms with Crippen molar-refractivity contribution in [3.8, 4) is 0 Å². The highest BCUT2D eigenvalue weighted by Crippen LogP contribution is 2.13. The summed E-state index contributed by atoms with van der Waals surface area (Å²) >= 11 is 0. The molecule has 0 saturated carbocycles. The maximum atomic E-state index is 5.34. The van der Waals surface area contributed by atoms with Crippen molar-refractivity contribution in [3.05, 3.63) is 0 Å². The Morgan fingerprint density at radius 2 is 1.86 bits per heavy atom. The van der Waals surface area contributed by atoms with Crippen LogP contribution < -0.4 is 10.6 Å². The first-order valence-corrected chi connectivity index (χ1v) is 5.94. The van der Waals surface area contributed by atoms with E-state index in [9.17, 15) is 0 Å². The lowest BCUT2D eigenvalue weighted by Crippen LogP contribution is -2.31. The Morgan fingerprint density at radius 1 is 1.07 bits per heavy atom. The highest BCUT2D eigenvalue weighted by molar-refractivity contribution is 4.74. The van der Waals surface area contributed by atoms with Crippen molar-refractivity contribution < 1.29 is 4.74 Å². The van der Waals surface area contributed by atoms with E-state index in [1.165, 1.54) is 45.4 Å². The zero-order valence-corrected chi connectivity index (χ0v) is 8.93. The zero-order valence-electron chi connectivity index (χ0n) is 8.93. The van der Waals surface area contributed by atoms with Crippen LogP contribution in [0.15, 0.2) is 0 Å². The van der Waals surface area contributed by atoms with E-state index in [1.54, 1.807) is 0 Å². The van der Waals surface area contributed by atoms with Gasteiger partial charge < -0.3 is 15.4 Å². The summed E-state index contributed by atoms with van der Waals surface area (Å²) in [5, 5.41) is 7.00. The summed E-state index contributed by atoms with van der Waals surface area (Å²) in [6, 6.07) is 0. The van der Waals surface area contributed by atoms with Crippen molar-refractivity contribution in [1.82, 2.24) is 10.6 Å². The van der Waals surface area contributed by atoms with Crippen LogP contribution in [-0.4, -0.2) is 39.4 Å². The maximum absolute atomic E-state index is 5.34. The van der Waals surface area contributed by atoms with Crippen LogP contribution in [0.4, 0.5) is 0 Å². The van der Waals surface area contributed by atoms with E-state index in [-0.39, 0.29) is 0 Å². The predicted molar refractivity (Wildman–Crippen MR) is 57.4 cm³/mol. The minimum atomic E-state index is 0.859. The van der Waals surface area contributed by atoms with Gasteiger partial charge in [-0.3, -0.25) is 0 Å². The second kappa shape index (κ2) is 5.69. The van der Waals surface area contributed by atoms with Crippen LogP contribution >= 0.6 is 0 Å². The Hall–Kier alpha value is -0.120. The largest absolute Gasteiger partial charge is 0.381 e. The molecule has 2 heterocycles. The van der Waals surface area contributed by atoms with Gasteiger partial charge in [0.05, 0.1) is 0 Å². The molecule has 2 saturated heterocycles. The quantitative estimate of drug-likeness (QED) is 0.694. The van der Waals surface area contributed by atoms with Crippen molar-refractivity contribution >= 4 is 0 Å². The molecule has 3 heteroatoms. The van der Waals surface area contributed by atoms with Crippen LogP contribution in [0, 0.1) is 11.8 Å². The van der Waals surface area contributed by atoms with Gasteiger partial charge in [-0.2, -0.15) is 0 Å². The highest BCUT2D eigenvalue weighted by Gasteiger charge is 2.16. The van der Waals surface area contributed by atoms with Crippen LogP contribution in [0.5, 0.6) is 0 Å². The molecule has 2 N–H and O–H groups in total. The van der Waals surface area contributed by atoms with Crippen molar-refractivity contribution in [2.45, 2.75) is 19.3 Å². The Balaban J connectivity index is 1.52. The molecule has 2 rings (SSSR count). The first-order valence-electron chi connectivity index (χ1n) is 5.94. The van der Waals surface area contributed by atoms with Crippen molar-refractivity contribution in [2.24, 2.45) is 11.8 Å². The van der Waals surface area contributed by atoms with Crippen LogP contribution in [0.25, 0.3) is 0 Å². The Morgan fingerprint density at radius 3 is 2.57 bits per heavy atom. The molecule has 1 atom stereocenters. The molecule has 2 aliphatic heterocycles. The normalized spacial score (nSPS) is 29.6. The van der Waals surface area contributed by atoms with Crippen LogP contribution in [-0.2, 0) is 4.74 Å². The van der Waals surface area contributed by atoms with E-state index < -0.39 is 0 Å². The average Bonchev–Trinajstić information content (AvgIpc) is 2.72. The summed E-state index contributed by atoms with van der Waals surface area (Å²) < 4.78 is 5.34. The summed E-state index contributed by atoms with van der Waals surface area (Å²) in [6.07, 6.45) is 3.84. The highest BCUT2D eigenvalue weighted by atomic mass is 16.5. The third kappa shape index (κ3) is 3.23. The molecule has 2 aliphatic rings. The molecule has 3 nitrogen and oxygen atoms in total. The molecule has 0 aromatic heterocycles. The number of hydrogen-bond acceptors (Lipinski definition) is 3. The van der Waals surface area contributed by atoms with E-state index >= 15 is 0 Å². The molecule has 82 valence electrons. The monoisotopic (exact) mass is 198 g/mol. The molecule has 0 radical (unpaired) electrons. The summed E-state index contributed by atoms with van der Waals surface area (Å²) in [5.41, 5.74) is 0. The van der Waals surface area contributed by atoms with Gasteiger partial charge in [0.25, 0.3) is 0 Å². The molecule has 0 aliphatic carbocycles. The molecule has 2 fully saturated rings. The first kappa shape index (κ1) is 10.4. The Labute approximate surface area is 86.6 Å². The second-order valence-electron chi connectivity index (χ2n) is 4.57. The van der Waals surface area contributed by atoms with E-state index in [1.807, 2.05) is 0 Å². The van der Waals surface area contributed by atoms with Crippen LogP contribution in [0.3, 0.4) is 0 Å². The SMILES string of the molecule is C1CC(CNCC2CCOCC2)CN1. The third-order valence-electron chi connectivity index (χ3n) is 3.37. The summed E-state index contributed by atoms with van der Waals surface area (Å²) in [5.74, 6) is 1.73. The van der Waals surface area contributed by atoms with Crippen molar-refractivity contribution in [1.29, 1.82) is 0 Å². The molecule has 0 aromatic rings. The van der Waals surface area contributed by atoms with Gasteiger partial charge in [-0.05, 0) is 57.3 Å². The van der Waals surface area contributed by atoms with Gasteiger partial charge in [0, 0.05) is 13.2 Å². The standard InChI is InChI=1S/C11H22N2O/c1-4-12-8-11(1)9-13-7-10-2-5-14-6-3-10/h10-13H,1-9H2. The van der Waals surface area contributed by atoms with Gasteiger partial charge in [-0.15, -0.1) is 0 Å². The minimum Gasteiger partial charge on any atom is -0.381 e. The summed E-state index contributed by atoms with van der Waals surface area (Å²) in [6.45, 7) is 6.75. The predicted octanol–water partition coefficient (Wildman–Crippen LogP) is 0.612. The zero-order chi connectivity index (χ0) is 9.64. The second-order valence-corrected chi connectivity index (χ2v) is 4.57. The molecular weight excluding hydrogens is 176 g/mol. The van der Waals surface area contributed by atoms with Gasteiger partial charge in [-0.25, -0.2) is 0 Å². The molecule has 0 amide bonds. The fraction of sp³-hybridized carbons (Fsp3) is 1.00. The molecule has 0 spiro atoms. The van der Waals surface area contributed by atoms with E-state index in [2.05, 4.69) is 10.6 Å². The molecule has 14 heavy (non-hydrogen) atoms. The number of hydrogen-bond donors (Lipinski definition) is 2. The van der Waals surface area contributed by atoms with Gasteiger partial charge in [0.1, 0.15) is 0 Å². The molecular formula is C11H22N2O. The van der Waals surface area contributed by atoms with Gasteiger partial charge in [0.2, 0.25) is 0 Å². The molecule has 0 bridgehead atoms. The fourth-order valence-corrected chi connectivity index (χ4v) is 2.33. The lowest BCUT2D eigenvalue weighted by Gasteiger charge is -2.22. The summed E-state index contributed by atoms with van der Waals surface area (Å²) in [4.78, 5) is 0. The minimum absolute atomic E-state index is 0.859. The van der Waals surface area contributed by atoms with Crippen molar-refractivity contribution in [2.75, 3.05) is 39.4 Å². The first-order chi connectivity index (χ1) is 6.95. The van der Waals surface area contributed by atoms with Gasteiger partial charge in [-0.1, -0.05) is 0 Å². The average molecular weight is 198 g/mol. The van der Waals surface area contributed by atoms with E-state index in [0.29, 0.717) is 0 Å². The fourth-order valence-electron chi connectivity index (χ4n) is 2.33. The lowest BCUT2D eigenvalue weighted by atomic mass is 10.00. The van der Waals surface area contributed by atoms with Gasteiger partial charge in [0.15, 0.2) is 0 Å². The Bertz CT molecular complexity index is 151. The van der Waals surface area contributed by atoms with E-state index in [0.717, 1.165) is 25.0 Å². The van der Waals surface area contributed by atoms with E-state index in [4.69, 9.17) is 4.74 Å². The maximum Gasteiger partial charge on any atom is 0.0469 e. The Kier molecular flexibility index (Phi) is 4.22. The smallest absolute Gasteiger partial charge is 0.0469 e.